The van der Waals surface area contributed by atoms with Gasteiger partial charge in [0.05, 0.1) is 26.4 Å². The van der Waals surface area contributed by atoms with E-state index in [2.05, 4.69) is 9.69 Å². The lowest BCUT2D eigenvalue weighted by Gasteiger charge is -1.93. The maximum absolute atomic E-state index is 6.73. The third-order valence-electron chi connectivity index (χ3n) is 3.45. The van der Waals surface area contributed by atoms with E-state index in [4.69, 9.17) is 22.6 Å². The molecule has 0 spiro atoms. The molecule has 0 bridgehead atoms. The Morgan fingerprint density at radius 2 is 1.00 bits per heavy atom. The SMILES string of the molecule is [C-]#[N+]c1ccc([C@H]2CO2)cc1.[C-]#[N+]c1ccc([C@H]2CO2)cc1. The highest BCUT2D eigenvalue weighted by Gasteiger charge is 2.24. The Balaban J connectivity index is 0.000000131. The summed E-state index contributed by atoms with van der Waals surface area (Å²) < 4.78 is 10.2. The third-order valence-corrected chi connectivity index (χ3v) is 3.45. The smallest absolute Gasteiger partial charge is 0.187 e. The van der Waals surface area contributed by atoms with E-state index in [0.29, 0.717) is 23.6 Å². The van der Waals surface area contributed by atoms with E-state index < -0.39 is 0 Å². The molecule has 2 fully saturated rings. The Kier molecular flexibility index (Phi) is 4.16. The van der Waals surface area contributed by atoms with Crippen molar-refractivity contribution >= 4 is 11.4 Å². The van der Waals surface area contributed by atoms with Crippen molar-refractivity contribution in [1.29, 1.82) is 0 Å². The van der Waals surface area contributed by atoms with Gasteiger partial charge in [0.2, 0.25) is 0 Å². The van der Waals surface area contributed by atoms with Gasteiger partial charge in [-0.15, -0.1) is 0 Å². The molecule has 0 amide bonds. The lowest BCUT2D eigenvalue weighted by Crippen LogP contribution is -1.76. The first-order chi connectivity index (χ1) is 10.8. The molecular formula is C18H14N2O2. The summed E-state index contributed by atoms with van der Waals surface area (Å²) in [7, 11) is 0. The van der Waals surface area contributed by atoms with E-state index >= 15 is 0 Å². The maximum Gasteiger partial charge on any atom is 0.187 e. The van der Waals surface area contributed by atoms with Crippen LogP contribution in [0.3, 0.4) is 0 Å². The second kappa shape index (κ2) is 6.41. The lowest BCUT2D eigenvalue weighted by molar-refractivity contribution is 0.415. The van der Waals surface area contributed by atoms with Gasteiger partial charge in [0.25, 0.3) is 0 Å². The molecule has 2 aromatic carbocycles. The van der Waals surface area contributed by atoms with Crippen molar-refractivity contribution in [2.24, 2.45) is 0 Å². The third kappa shape index (κ3) is 3.71. The summed E-state index contributed by atoms with van der Waals surface area (Å²) in [5.74, 6) is 0. The molecule has 0 radical (unpaired) electrons. The number of nitrogens with zero attached hydrogens (tertiary/aromatic N) is 2. The summed E-state index contributed by atoms with van der Waals surface area (Å²) >= 11 is 0. The standard InChI is InChI=1S/2C9H7NO/c2*1-10-8-4-2-7(3-5-8)9-6-11-9/h2*2-5,9H,6H2/t2*9-/m11/s1. The van der Waals surface area contributed by atoms with Crippen LogP contribution in [-0.4, -0.2) is 13.2 Å². The van der Waals surface area contributed by atoms with Crippen molar-refractivity contribution in [2.45, 2.75) is 12.2 Å². The zero-order chi connectivity index (χ0) is 15.4. The Hall–Kier alpha value is -2.66. The molecule has 108 valence electrons. The van der Waals surface area contributed by atoms with Crippen LogP contribution < -0.4 is 0 Å². The van der Waals surface area contributed by atoms with E-state index in [-0.39, 0.29) is 0 Å². The van der Waals surface area contributed by atoms with Gasteiger partial charge in [-0.1, -0.05) is 48.5 Å². The van der Waals surface area contributed by atoms with Crippen LogP contribution in [0, 0.1) is 13.1 Å². The Bertz CT molecular complexity index is 650. The van der Waals surface area contributed by atoms with Gasteiger partial charge >= 0.3 is 0 Å². The Morgan fingerprint density at radius 1 is 0.682 bits per heavy atom. The minimum absolute atomic E-state index is 0.301. The molecule has 0 aliphatic carbocycles. The predicted octanol–water partition coefficient (Wildman–Crippen LogP) is 4.62. The van der Waals surface area contributed by atoms with Crippen LogP contribution in [0.25, 0.3) is 9.69 Å². The van der Waals surface area contributed by atoms with Crippen molar-refractivity contribution < 1.29 is 9.47 Å². The van der Waals surface area contributed by atoms with Crippen LogP contribution >= 0.6 is 0 Å². The average Bonchev–Trinajstić information content (AvgIpc) is 3.48. The second-order valence-corrected chi connectivity index (χ2v) is 5.05. The normalized spacial score (nSPS) is 20.8. The monoisotopic (exact) mass is 290 g/mol. The highest BCUT2D eigenvalue weighted by molar-refractivity contribution is 5.46. The number of hydrogen-bond donors (Lipinski definition) is 0. The summed E-state index contributed by atoms with van der Waals surface area (Å²) in [6.45, 7) is 15.1. The fraction of sp³-hybridized carbons (Fsp3) is 0.222. The molecule has 2 aliphatic rings. The van der Waals surface area contributed by atoms with E-state index in [9.17, 15) is 0 Å². The number of epoxide rings is 2. The van der Waals surface area contributed by atoms with Gasteiger partial charge in [-0.2, -0.15) is 0 Å². The predicted molar refractivity (Wildman–Crippen MR) is 82.8 cm³/mol. The molecule has 2 heterocycles. The Morgan fingerprint density at radius 3 is 1.23 bits per heavy atom. The highest BCUT2D eigenvalue weighted by atomic mass is 16.6. The highest BCUT2D eigenvalue weighted by Crippen LogP contribution is 2.31. The topological polar surface area (TPSA) is 33.8 Å². The van der Waals surface area contributed by atoms with Gasteiger partial charge < -0.3 is 9.47 Å². The summed E-state index contributed by atoms with van der Waals surface area (Å²) in [6, 6.07) is 15.1. The fourth-order valence-electron chi connectivity index (χ4n) is 2.01. The van der Waals surface area contributed by atoms with Crippen LogP contribution in [0.5, 0.6) is 0 Å². The molecule has 2 saturated heterocycles. The van der Waals surface area contributed by atoms with Gasteiger partial charge in [-0.25, -0.2) is 9.69 Å². The van der Waals surface area contributed by atoms with Crippen LogP contribution in [0.1, 0.15) is 23.3 Å². The van der Waals surface area contributed by atoms with Crippen molar-refractivity contribution in [3.05, 3.63) is 82.5 Å². The van der Waals surface area contributed by atoms with Crippen LogP contribution in [0.15, 0.2) is 48.5 Å². The van der Waals surface area contributed by atoms with Crippen molar-refractivity contribution in [1.82, 2.24) is 0 Å². The molecule has 0 saturated carbocycles. The summed E-state index contributed by atoms with van der Waals surface area (Å²) in [4.78, 5) is 6.60. The average molecular weight is 290 g/mol. The van der Waals surface area contributed by atoms with E-state index in [1.54, 1.807) is 0 Å². The summed E-state index contributed by atoms with van der Waals surface area (Å²) in [5.41, 5.74) is 3.73. The van der Waals surface area contributed by atoms with Crippen molar-refractivity contribution in [3.63, 3.8) is 0 Å². The minimum atomic E-state index is 0.301. The lowest BCUT2D eigenvalue weighted by atomic mass is 10.1. The zero-order valence-electron chi connectivity index (χ0n) is 11.9. The number of rotatable bonds is 2. The second-order valence-electron chi connectivity index (χ2n) is 5.05. The van der Waals surface area contributed by atoms with Crippen LogP contribution in [0.4, 0.5) is 11.4 Å². The number of benzene rings is 2. The largest absolute Gasteiger partial charge is 0.368 e. The Labute approximate surface area is 129 Å². The minimum Gasteiger partial charge on any atom is -0.368 e. The van der Waals surface area contributed by atoms with Gasteiger partial charge in [-0.3, -0.25) is 0 Å². The van der Waals surface area contributed by atoms with Gasteiger partial charge in [0, 0.05) is 0 Å². The van der Waals surface area contributed by atoms with E-state index in [1.165, 1.54) is 11.1 Å². The van der Waals surface area contributed by atoms with Crippen LogP contribution in [-0.2, 0) is 9.47 Å². The van der Waals surface area contributed by atoms with Crippen molar-refractivity contribution in [2.75, 3.05) is 13.2 Å². The molecule has 22 heavy (non-hydrogen) atoms. The molecule has 4 rings (SSSR count). The van der Waals surface area contributed by atoms with Gasteiger partial charge in [0.15, 0.2) is 11.4 Å². The van der Waals surface area contributed by atoms with E-state index in [0.717, 1.165) is 13.2 Å². The quantitative estimate of drug-likeness (QED) is 0.597. The van der Waals surface area contributed by atoms with Crippen LogP contribution in [0.2, 0.25) is 0 Å². The van der Waals surface area contributed by atoms with Gasteiger partial charge in [-0.05, 0) is 11.1 Å². The molecule has 4 nitrogen and oxygen atoms in total. The zero-order valence-corrected chi connectivity index (χ0v) is 11.9. The number of hydrogen-bond acceptors (Lipinski definition) is 2. The molecule has 0 aromatic heterocycles. The molecule has 4 heteroatoms. The first-order valence-electron chi connectivity index (χ1n) is 6.98. The molecule has 2 aliphatic heterocycles. The fourth-order valence-corrected chi connectivity index (χ4v) is 2.01. The molecule has 0 N–H and O–H groups in total. The maximum atomic E-state index is 6.73. The first kappa shape index (κ1) is 14.3. The first-order valence-corrected chi connectivity index (χ1v) is 6.98. The molecule has 0 unspecified atom stereocenters. The molecule has 2 atom stereocenters. The summed E-state index contributed by atoms with van der Waals surface area (Å²) in [5, 5.41) is 0. The summed E-state index contributed by atoms with van der Waals surface area (Å²) in [6.07, 6.45) is 0.601. The number of ether oxygens (including phenoxy) is 2. The van der Waals surface area contributed by atoms with E-state index in [1.807, 2.05) is 48.5 Å². The molecular weight excluding hydrogens is 276 g/mol. The molecule has 2 aromatic rings. The van der Waals surface area contributed by atoms with Gasteiger partial charge in [0.1, 0.15) is 12.2 Å². The van der Waals surface area contributed by atoms with Crippen molar-refractivity contribution in [3.8, 4) is 0 Å².